The highest BCUT2D eigenvalue weighted by atomic mass is 32.2. The van der Waals surface area contributed by atoms with Gasteiger partial charge in [0, 0.05) is 33.2 Å². The van der Waals surface area contributed by atoms with Crippen LogP contribution in [0.2, 0.25) is 0 Å². The quantitative estimate of drug-likeness (QED) is 0.841. The second-order valence-corrected chi connectivity index (χ2v) is 9.25. The van der Waals surface area contributed by atoms with Crippen molar-refractivity contribution < 1.29 is 17.9 Å². The van der Waals surface area contributed by atoms with E-state index in [1.54, 1.807) is 7.05 Å². The number of hydrogen-bond donors (Lipinski definition) is 1. The molecule has 1 spiro atoms. The Kier molecular flexibility index (Phi) is 5.84. The molecule has 1 unspecified atom stereocenters. The molecule has 1 aromatic rings. The molecule has 0 radical (unpaired) electrons. The van der Waals surface area contributed by atoms with Gasteiger partial charge in [0.05, 0.1) is 22.1 Å². The fraction of sp³-hybridized carbons (Fsp3) is 0.579. The van der Waals surface area contributed by atoms with Crippen molar-refractivity contribution in [2.45, 2.75) is 42.6 Å². The van der Waals surface area contributed by atoms with Crippen LogP contribution < -0.4 is 5.32 Å². The molecule has 7 nitrogen and oxygen atoms in total. The Morgan fingerprint density at radius 1 is 1.33 bits per heavy atom. The molecule has 2 heterocycles. The van der Waals surface area contributed by atoms with Gasteiger partial charge in [0.1, 0.15) is 0 Å². The van der Waals surface area contributed by atoms with E-state index >= 15 is 0 Å². The second kappa shape index (κ2) is 7.97. The third kappa shape index (κ3) is 4.32. The molecule has 1 atom stereocenters. The van der Waals surface area contributed by atoms with Gasteiger partial charge in [0.25, 0.3) is 0 Å². The number of hydrogen-bond acceptors (Lipinski definition) is 5. The summed E-state index contributed by atoms with van der Waals surface area (Å²) in [5.74, 6) is 0.318. The molecule has 2 aliphatic heterocycles. The number of carbonyl (C=O) groups excluding carboxylic acids is 1. The van der Waals surface area contributed by atoms with Gasteiger partial charge in [-0.1, -0.05) is 0 Å². The van der Waals surface area contributed by atoms with Crippen LogP contribution in [0.4, 0.5) is 0 Å². The summed E-state index contributed by atoms with van der Waals surface area (Å²) in [5, 5.41) is 11.5. The Morgan fingerprint density at radius 3 is 2.59 bits per heavy atom. The third-order valence-electron chi connectivity index (χ3n) is 5.60. The Balaban J connectivity index is 1.65. The Labute approximate surface area is 160 Å². The maximum atomic E-state index is 12.9. The molecule has 0 saturated carbocycles. The van der Waals surface area contributed by atoms with E-state index in [-0.39, 0.29) is 22.3 Å². The molecular weight excluding hydrogens is 366 g/mol. The highest BCUT2D eigenvalue weighted by molar-refractivity contribution is 7.89. The number of amides is 1. The maximum Gasteiger partial charge on any atom is 0.243 e. The van der Waals surface area contributed by atoms with Crippen LogP contribution in [0.3, 0.4) is 0 Å². The average molecular weight is 391 g/mol. The maximum absolute atomic E-state index is 12.9. The number of piperidine rings is 1. The SMILES string of the molecule is CNC(=O)CC1CCOC2(CCN(S(=O)(=O)c3ccc(C#N)cc3)CC2)C1. The second-order valence-electron chi connectivity index (χ2n) is 7.31. The molecule has 27 heavy (non-hydrogen) atoms. The van der Waals surface area contributed by atoms with Crippen molar-refractivity contribution in [2.24, 2.45) is 5.92 Å². The standard InChI is InChI=1S/C19H25N3O4S/c1-21-18(23)12-16-6-11-26-19(13-16)7-9-22(10-8-19)27(24,25)17-4-2-15(14-20)3-5-17/h2-5,16H,6-13H2,1H3,(H,21,23). The number of rotatable bonds is 4. The highest BCUT2D eigenvalue weighted by Crippen LogP contribution is 2.39. The molecule has 146 valence electrons. The van der Waals surface area contributed by atoms with E-state index in [4.69, 9.17) is 10.00 Å². The van der Waals surface area contributed by atoms with E-state index in [1.165, 1.54) is 28.6 Å². The van der Waals surface area contributed by atoms with E-state index in [0.717, 1.165) is 12.8 Å². The van der Waals surface area contributed by atoms with Gasteiger partial charge >= 0.3 is 0 Å². The first-order valence-electron chi connectivity index (χ1n) is 9.23. The molecule has 0 aliphatic carbocycles. The molecule has 0 aromatic heterocycles. The summed E-state index contributed by atoms with van der Waals surface area (Å²) in [6.07, 6.45) is 3.42. The first-order valence-corrected chi connectivity index (χ1v) is 10.7. The minimum absolute atomic E-state index is 0.0397. The molecule has 1 aromatic carbocycles. The van der Waals surface area contributed by atoms with Gasteiger partial charge < -0.3 is 10.1 Å². The molecule has 2 fully saturated rings. The van der Waals surface area contributed by atoms with E-state index in [9.17, 15) is 13.2 Å². The van der Waals surface area contributed by atoms with Crippen molar-refractivity contribution in [1.29, 1.82) is 5.26 Å². The molecule has 2 saturated heterocycles. The summed E-state index contributed by atoms with van der Waals surface area (Å²) < 4.78 is 33.3. The molecular formula is C19H25N3O4S. The van der Waals surface area contributed by atoms with Crippen molar-refractivity contribution in [1.82, 2.24) is 9.62 Å². The monoisotopic (exact) mass is 391 g/mol. The van der Waals surface area contributed by atoms with Gasteiger partial charge in [-0.25, -0.2) is 8.42 Å². The minimum atomic E-state index is -3.57. The lowest BCUT2D eigenvalue weighted by Crippen LogP contribution is -2.51. The fourth-order valence-corrected chi connectivity index (χ4v) is 5.44. The van der Waals surface area contributed by atoms with Crippen LogP contribution in [-0.4, -0.2) is 51.0 Å². The van der Waals surface area contributed by atoms with Crippen LogP contribution in [0.1, 0.15) is 37.7 Å². The predicted octanol–water partition coefficient (Wildman–Crippen LogP) is 1.64. The van der Waals surface area contributed by atoms with Crippen molar-refractivity contribution in [2.75, 3.05) is 26.7 Å². The predicted molar refractivity (Wildman–Crippen MR) is 99.2 cm³/mol. The van der Waals surface area contributed by atoms with Crippen molar-refractivity contribution >= 4 is 15.9 Å². The van der Waals surface area contributed by atoms with Crippen LogP contribution in [0, 0.1) is 17.2 Å². The normalized spacial score (nSPS) is 22.9. The summed E-state index contributed by atoms with van der Waals surface area (Å²) in [5.41, 5.74) is 0.109. The van der Waals surface area contributed by atoms with Gasteiger partial charge in [-0.15, -0.1) is 0 Å². The lowest BCUT2D eigenvalue weighted by molar-refractivity contribution is -0.132. The van der Waals surface area contributed by atoms with E-state index < -0.39 is 10.0 Å². The molecule has 2 aliphatic rings. The number of ether oxygens (including phenoxy) is 1. The van der Waals surface area contributed by atoms with Crippen molar-refractivity contribution in [3.8, 4) is 6.07 Å². The zero-order chi connectivity index (χ0) is 19.5. The Hall–Kier alpha value is -1.95. The summed E-state index contributed by atoms with van der Waals surface area (Å²) in [7, 11) is -1.93. The number of sulfonamides is 1. The van der Waals surface area contributed by atoms with Crippen LogP contribution in [0.15, 0.2) is 29.2 Å². The lowest BCUT2D eigenvalue weighted by Gasteiger charge is -2.45. The third-order valence-corrected chi connectivity index (χ3v) is 7.52. The van der Waals surface area contributed by atoms with E-state index in [1.807, 2.05) is 6.07 Å². The minimum Gasteiger partial charge on any atom is -0.375 e. The Morgan fingerprint density at radius 2 is 2.00 bits per heavy atom. The van der Waals surface area contributed by atoms with Gasteiger partial charge in [0.15, 0.2) is 0 Å². The number of nitrogens with zero attached hydrogens (tertiary/aromatic N) is 2. The molecule has 1 amide bonds. The fourth-order valence-electron chi connectivity index (χ4n) is 4.00. The van der Waals surface area contributed by atoms with Gasteiger partial charge in [-0.05, 0) is 55.9 Å². The summed E-state index contributed by atoms with van der Waals surface area (Å²) in [6.45, 7) is 1.41. The molecule has 1 N–H and O–H groups in total. The zero-order valence-electron chi connectivity index (χ0n) is 15.5. The molecule has 8 heteroatoms. The smallest absolute Gasteiger partial charge is 0.243 e. The topological polar surface area (TPSA) is 99.5 Å². The van der Waals surface area contributed by atoms with Crippen LogP contribution in [0.5, 0.6) is 0 Å². The van der Waals surface area contributed by atoms with Gasteiger partial charge in [-0.2, -0.15) is 9.57 Å². The average Bonchev–Trinajstić information content (AvgIpc) is 2.68. The number of benzene rings is 1. The summed E-state index contributed by atoms with van der Waals surface area (Å²) in [6, 6.07) is 7.99. The van der Waals surface area contributed by atoms with E-state index in [2.05, 4.69) is 5.32 Å². The molecule has 3 rings (SSSR count). The van der Waals surface area contributed by atoms with Crippen LogP contribution in [-0.2, 0) is 19.6 Å². The lowest BCUT2D eigenvalue weighted by atomic mass is 9.78. The van der Waals surface area contributed by atoms with Crippen molar-refractivity contribution in [3.05, 3.63) is 29.8 Å². The Bertz CT molecular complexity index is 822. The van der Waals surface area contributed by atoms with Crippen LogP contribution >= 0.6 is 0 Å². The largest absolute Gasteiger partial charge is 0.375 e. The van der Waals surface area contributed by atoms with E-state index in [0.29, 0.717) is 44.5 Å². The molecule has 0 bridgehead atoms. The first-order chi connectivity index (χ1) is 12.9. The van der Waals surface area contributed by atoms with Crippen LogP contribution in [0.25, 0.3) is 0 Å². The zero-order valence-corrected chi connectivity index (χ0v) is 16.3. The first kappa shape index (κ1) is 19.8. The van der Waals surface area contributed by atoms with Gasteiger partial charge in [-0.3, -0.25) is 4.79 Å². The summed E-state index contributed by atoms with van der Waals surface area (Å²) in [4.78, 5) is 11.9. The summed E-state index contributed by atoms with van der Waals surface area (Å²) >= 11 is 0. The van der Waals surface area contributed by atoms with Gasteiger partial charge in [0.2, 0.25) is 15.9 Å². The highest BCUT2D eigenvalue weighted by Gasteiger charge is 2.43. The number of nitrogens with one attached hydrogen (secondary N) is 1. The number of nitriles is 1. The van der Waals surface area contributed by atoms with Crippen molar-refractivity contribution in [3.63, 3.8) is 0 Å². The number of carbonyl (C=O) groups is 1.